The van der Waals surface area contributed by atoms with Gasteiger partial charge in [0.15, 0.2) is 6.61 Å². The van der Waals surface area contributed by atoms with E-state index in [1.54, 1.807) is 29.2 Å². The molecule has 3 rings (SSSR count). The molecule has 1 atom stereocenters. The highest BCUT2D eigenvalue weighted by Crippen LogP contribution is 2.45. The SMILES string of the molecule is C=CCN1C(=O)c2ccccc2N2C(=O)CC[C@]12C(=O)OCC(=O)N(C(C)C)C(C)C. The fourth-order valence-electron chi connectivity index (χ4n) is 4.62. The second-order valence-corrected chi connectivity index (χ2v) is 8.33. The minimum absolute atomic E-state index is 0.0596. The molecule has 8 heteroatoms. The van der Waals surface area contributed by atoms with Gasteiger partial charge in [-0.2, -0.15) is 0 Å². The second-order valence-electron chi connectivity index (χ2n) is 8.33. The van der Waals surface area contributed by atoms with Crippen molar-refractivity contribution >= 4 is 29.4 Å². The minimum Gasteiger partial charge on any atom is -0.452 e. The van der Waals surface area contributed by atoms with Gasteiger partial charge in [0.1, 0.15) is 0 Å². The van der Waals surface area contributed by atoms with E-state index in [1.807, 2.05) is 27.7 Å². The van der Waals surface area contributed by atoms with Gasteiger partial charge in [0, 0.05) is 31.5 Å². The Balaban J connectivity index is 1.97. The summed E-state index contributed by atoms with van der Waals surface area (Å²) in [6, 6.07) is 6.57. The van der Waals surface area contributed by atoms with Gasteiger partial charge in [0.25, 0.3) is 11.8 Å². The average Bonchev–Trinajstić information content (AvgIpc) is 3.07. The monoisotopic (exact) mass is 427 g/mol. The second kappa shape index (κ2) is 8.53. The lowest BCUT2D eigenvalue weighted by Crippen LogP contribution is -2.68. The molecule has 1 aromatic rings. The lowest BCUT2D eigenvalue weighted by molar-refractivity contribution is -0.162. The van der Waals surface area contributed by atoms with E-state index in [0.717, 1.165) is 0 Å². The van der Waals surface area contributed by atoms with Crippen molar-refractivity contribution < 1.29 is 23.9 Å². The van der Waals surface area contributed by atoms with Gasteiger partial charge >= 0.3 is 5.97 Å². The first kappa shape index (κ1) is 22.5. The molecule has 0 saturated carbocycles. The van der Waals surface area contributed by atoms with Crippen molar-refractivity contribution in [2.45, 2.75) is 58.3 Å². The normalized spacial score (nSPS) is 20.1. The van der Waals surface area contributed by atoms with E-state index in [2.05, 4.69) is 6.58 Å². The number of fused-ring (bicyclic) bond motifs is 3. The molecule has 0 spiro atoms. The Morgan fingerprint density at radius 3 is 2.45 bits per heavy atom. The first-order valence-corrected chi connectivity index (χ1v) is 10.5. The number of esters is 1. The zero-order chi connectivity index (χ0) is 22.9. The third kappa shape index (κ3) is 3.60. The van der Waals surface area contributed by atoms with E-state index in [-0.39, 0.29) is 49.2 Å². The number of hydrogen-bond acceptors (Lipinski definition) is 5. The summed E-state index contributed by atoms with van der Waals surface area (Å²) in [5, 5.41) is 0. The number of carbonyl (C=O) groups excluding carboxylic acids is 4. The van der Waals surface area contributed by atoms with Crippen molar-refractivity contribution in [3.05, 3.63) is 42.5 Å². The van der Waals surface area contributed by atoms with Crippen LogP contribution in [-0.4, -0.2) is 64.4 Å². The van der Waals surface area contributed by atoms with Crippen molar-refractivity contribution in [3.8, 4) is 0 Å². The fraction of sp³-hybridized carbons (Fsp3) is 0.478. The predicted molar refractivity (Wildman–Crippen MR) is 115 cm³/mol. The average molecular weight is 428 g/mol. The van der Waals surface area contributed by atoms with Crippen LogP contribution in [-0.2, 0) is 19.1 Å². The smallest absolute Gasteiger partial charge is 0.354 e. The standard InChI is InChI=1S/C23H29N3O5/c1-6-13-24-21(29)17-9-7-8-10-18(17)26-19(27)11-12-23(24,26)22(30)31-14-20(28)25(15(2)3)16(4)5/h6-10,15-16H,1,11-14H2,2-5H3/t23-/m0/s1. The molecular weight excluding hydrogens is 398 g/mol. The Hall–Kier alpha value is -3.16. The number of rotatable bonds is 7. The summed E-state index contributed by atoms with van der Waals surface area (Å²) in [5.74, 6) is -1.77. The van der Waals surface area contributed by atoms with E-state index in [4.69, 9.17) is 4.74 Å². The van der Waals surface area contributed by atoms with Crippen LogP contribution in [0.3, 0.4) is 0 Å². The van der Waals surface area contributed by atoms with Crippen LogP contribution in [0.1, 0.15) is 50.9 Å². The van der Waals surface area contributed by atoms with E-state index < -0.39 is 18.2 Å². The number of carbonyl (C=O) groups is 4. The largest absolute Gasteiger partial charge is 0.452 e. The molecule has 0 bridgehead atoms. The zero-order valence-corrected chi connectivity index (χ0v) is 18.5. The highest BCUT2D eigenvalue weighted by molar-refractivity contribution is 6.15. The molecule has 1 fully saturated rings. The van der Waals surface area contributed by atoms with Gasteiger partial charge in [-0.1, -0.05) is 18.2 Å². The summed E-state index contributed by atoms with van der Waals surface area (Å²) in [6.45, 7) is 10.8. The third-order valence-corrected chi connectivity index (χ3v) is 5.74. The van der Waals surface area contributed by atoms with Crippen LogP contribution in [0.2, 0.25) is 0 Å². The number of para-hydroxylation sites is 1. The van der Waals surface area contributed by atoms with E-state index in [0.29, 0.717) is 11.3 Å². The maximum Gasteiger partial charge on any atom is 0.354 e. The van der Waals surface area contributed by atoms with E-state index in [1.165, 1.54) is 15.9 Å². The molecular formula is C23H29N3O5. The van der Waals surface area contributed by atoms with Crippen LogP contribution in [0.4, 0.5) is 5.69 Å². The van der Waals surface area contributed by atoms with Crippen LogP contribution >= 0.6 is 0 Å². The first-order chi connectivity index (χ1) is 14.7. The molecule has 2 aliphatic rings. The highest BCUT2D eigenvalue weighted by Gasteiger charge is 2.61. The van der Waals surface area contributed by atoms with Crippen LogP contribution in [0.25, 0.3) is 0 Å². The predicted octanol–water partition coefficient (Wildman–Crippen LogP) is 2.34. The molecule has 2 heterocycles. The topological polar surface area (TPSA) is 87.2 Å². The maximum atomic E-state index is 13.4. The number of ether oxygens (including phenoxy) is 1. The minimum atomic E-state index is -1.63. The summed E-state index contributed by atoms with van der Waals surface area (Å²) < 4.78 is 5.47. The van der Waals surface area contributed by atoms with Crippen molar-refractivity contribution in [2.75, 3.05) is 18.1 Å². The van der Waals surface area contributed by atoms with Gasteiger partial charge in [-0.25, -0.2) is 4.79 Å². The van der Waals surface area contributed by atoms with E-state index in [9.17, 15) is 19.2 Å². The van der Waals surface area contributed by atoms with Crippen molar-refractivity contribution in [1.82, 2.24) is 9.80 Å². The summed E-state index contributed by atoms with van der Waals surface area (Å²) in [7, 11) is 0. The fourth-order valence-corrected chi connectivity index (χ4v) is 4.62. The Morgan fingerprint density at radius 1 is 1.19 bits per heavy atom. The molecule has 31 heavy (non-hydrogen) atoms. The first-order valence-electron chi connectivity index (χ1n) is 10.5. The van der Waals surface area contributed by atoms with Gasteiger partial charge in [-0.3, -0.25) is 19.3 Å². The Morgan fingerprint density at radius 2 is 1.84 bits per heavy atom. The van der Waals surface area contributed by atoms with Crippen molar-refractivity contribution in [1.29, 1.82) is 0 Å². The van der Waals surface area contributed by atoms with Gasteiger partial charge in [0.05, 0.1) is 11.3 Å². The van der Waals surface area contributed by atoms with Crippen molar-refractivity contribution in [2.24, 2.45) is 0 Å². The summed E-state index contributed by atoms with van der Waals surface area (Å²) in [5.41, 5.74) is -0.910. The molecule has 3 amide bonds. The Bertz CT molecular complexity index is 918. The maximum absolute atomic E-state index is 13.4. The van der Waals surface area contributed by atoms with Gasteiger partial charge in [-0.15, -0.1) is 6.58 Å². The zero-order valence-electron chi connectivity index (χ0n) is 18.5. The molecule has 2 aliphatic heterocycles. The van der Waals surface area contributed by atoms with Gasteiger partial charge in [0.2, 0.25) is 11.6 Å². The van der Waals surface area contributed by atoms with Gasteiger partial charge < -0.3 is 14.5 Å². The number of anilines is 1. The molecule has 0 radical (unpaired) electrons. The molecule has 0 aromatic heterocycles. The lowest BCUT2D eigenvalue weighted by Gasteiger charge is -2.48. The molecule has 0 aliphatic carbocycles. The third-order valence-electron chi connectivity index (χ3n) is 5.74. The molecule has 0 N–H and O–H groups in total. The van der Waals surface area contributed by atoms with Gasteiger partial charge in [-0.05, 0) is 39.8 Å². The summed E-state index contributed by atoms with van der Waals surface area (Å²) in [6.07, 6.45) is 1.68. The summed E-state index contributed by atoms with van der Waals surface area (Å²) in [4.78, 5) is 56.5. The number of hydrogen-bond donors (Lipinski definition) is 0. The highest BCUT2D eigenvalue weighted by atomic mass is 16.5. The van der Waals surface area contributed by atoms with E-state index >= 15 is 0 Å². The van der Waals surface area contributed by atoms with Crippen molar-refractivity contribution in [3.63, 3.8) is 0 Å². The quantitative estimate of drug-likeness (QED) is 0.492. The lowest BCUT2D eigenvalue weighted by atomic mass is 9.96. The van der Waals surface area contributed by atoms with Crippen LogP contribution in [0, 0.1) is 0 Å². The number of benzene rings is 1. The molecule has 1 aromatic carbocycles. The van der Waals surface area contributed by atoms with Crippen LogP contribution in [0.15, 0.2) is 36.9 Å². The van der Waals surface area contributed by atoms with Crippen LogP contribution < -0.4 is 4.90 Å². The molecule has 0 unspecified atom stereocenters. The molecule has 166 valence electrons. The Kier molecular flexibility index (Phi) is 6.20. The molecule has 8 nitrogen and oxygen atoms in total. The molecule has 1 saturated heterocycles. The summed E-state index contributed by atoms with van der Waals surface area (Å²) >= 11 is 0. The Labute approximate surface area is 182 Å². The number of nitrogens with zero attached hydrogens (tertiary/aromatic N) is 3. The number of amides is 3. The van der Waals surface area contributed by atoms with Crippen LogP contribution in [0.5, 0.6) is 0 Å².